The molecule has 29 heavy (non-hydrogen) atoms. The van der Waals surface area contributed by atoms with Gasteiger partial charge in [0, 0.05) is 43.0 Å². The SMILES string of the molecule is O=C(NCC1CCN(c2ccc(-c3ccc(F)cc3)cn2)C1)OCc1nccs1. The van der Waals surface area contributed by atoms with E-state index in [9.17, 15) is 9.18 Å². The number of rotatable bonds is 6. The van der Waals surface area contributed by atoms with E-state index in [0.29, 0.717) is 12.5 Å². The highest BCUT2D eigenvalue weighted by molar-refractivity contribution is 7.09. The lowest BCUT2D eigenvalue weighted by atomic mass is 10.1. The fraction of sp³-hybridized carbons (Fsp3) is 0.286. The summed E-state index contributed by atoms with van der Waals surface area (Å²) in [6.45, 7) is 2.49. The van der Waals surface area contributed by atoms with Gasteiger partial charge in [0.05, 0.1) is 0 Å². The smallest absolute Gasteiger partial charge is 0.407 e. The third-order valence-electron chi connectivity index (χ3n) is 4.88. The normalized spacial score (nSPS) is 16.0. The number of nitrogens with one attached hydrogen (secondary N) is 1. The molecule has 1 N–H and O–H groups in total. The van der Waals surface area contributed by atoms with Gasteiger partial charge in [-0.25, -0.2) is 19.2 Å². The molecule has 3 aromatic rings. The molecule has 4 rings (SSSR count). The minimum absolute atomic E-state index is 0.199. The van der Waals surface area contributed by atoms with Crippen molar-refractivity contribution < 1.29 is 13.9 Å². The minimum atomic E-state index is -0.416. The molecule has 0 aliphatic carbocycles. The molecular weight excluding hydrogens is 391 g/mol. The highest BCUT2D eigenvalue weighted by Crippen LogP contribution is 2.25. The third kappa shape index (κ3) is 5.08. The van der Waals surface area contributed by atoms with Crippen LogP contribution in [-0.4, -0.2) is 35.7 Å². The van der Waals surface area contributed by atoms with Crippen LogP contribution in [0, 0.1) is 11.7 Å². The number of amides is 1. The number of hydrogen-bond donors (Lipinski definition) is 1. The number of hydrogen-bond acceptors (Lipinski definition) is 6. The third-order valence-corrected chi connectivity index (χ3v) is 5.63. The summed E-state index contributed by atoms with van der Waals surface area (Å²) in [4.78, 5) is 22.7. The number of ether oxygens (including phenoxy) is 1. The van der Waals surface area contributed by atoms with E-state index in [1.54, 1.807) is 18.3 Å². The van der Waals surface area contributed by atoms with E-state index in [1.165, 1.54) is 23.5 Å². The van der Waals surface area contributed by atoms with Gasteiger partial charge in [-0.05, 0) is 42.2 Å². The van der Waals surface area contributed by atoms with Crippen molar-refractivity contribution in [1.82, 2.24) is 15.3 Å². The molecule has 1 amide bonds. The molecule has 1 saturated heterocycles. The van der Waals surface area contributed by atoms with Crippen LogP contribution in [0.15, 0.2) is 54.2 Å². The van der Waals surface area contributed by atoms with E-state index in [1.807, 2.05) is 23.7 Å². The van der Waals surface area contributed by atoms with E-state index >= 15 is 0 Å². The van der Waals surface area contributed by atoms with E-state index in [-0.39, 0.29) is 12.4 Å². The van der Waals surface area contributed by atoms with Gasteiger partial charge < -0.3 is 15.0 Å². The number of benzene rings is 1. The van der Waals surface area contributed by atoms with Crippen molar-refractivity contribution in [2.24, 2.45) is 5.92 Å². The summed E-state index contributed by atoms with van der Waals surface area (Å²) in [5.74, 6) is 1.01. The van der Waals surface area contributed by atoms with Crippen LogP contribution in [0.3, 0.4) is 0 Å². The van der Waals surface area contributed by atoms with Crippen LogP contribution < -0.4 is 10.2 Å². The van der Waals surface area contributed by atoms with Gasteiger partial charge in [0.1, 0.15) is 23.2 Å². The molecular formula is C21H21FN4O2S. The molecule has 0 saturated carbocycles. The van der Waals surface area contributed by atoms with Gasteiger partial charge >= 0.3 is 6.09 Å². The molecule has 1 fully saturated rings. The molecule has 0 spiro atoms. The number of anilines is 1. The number of carbonyl (C=O) groups excluding carboxylic acids is 1. The fourth-order valence-corrected chi connectivity index (χ4v) is 3.85. The first-order valence-corrected chi connectivity index (χ1v) is 10.3. The average molecular weight is 412 g/mol. The van der Waals surface area contributed by atoms with Crippen molar-refractivity contribution >= 4 is 23.2 Å². The Labute approximate surface area is 172 Å². The van der Waals surface area contributed by atoms with E-state index in [0.717, 1.165) is 41.5 Å². The second-order valence-corrected chi connectivity index (χ2v) is 7.87. The molecule has 6 nitrogen and oxygen atoms in total. The lowest BCUT2D eigenvalue weighted by Crippen LogP contribution is -2.31. The first-order chi connectivity index (χ1) is 14.2. The lowest BCUT2D eigenvalue weighted by Gasteiger charge is -2.18. The fourth-order valence-electron chi connectivity index (χ4n) is 3.32. The van der Waals surface area contributed by atoms with Gasteiger partial charge in [0.15, 0.2) is 0 Å². The van der Waals surface area contributed by atoms with E-state index < -0.39 is 6.09 Å². The molecule has 0 bridgehead atoms. The van der Waals surface area contributed by atoms with Crippen LogP contribution in [0.5, 0.6) is 0 Å². The summed E-state index contributed by atoms with van der Waals surface area (Å²) in [6, 6.07) is 10.4. The van der Waals surface area contributed by atoms with E-state index in [2.05, 4.69) is 20.2 Å². The van der Waals surface area contributed by atoms with Crippen LogP contribution in [-0.2, 0) is 11.3 Å². The second kappa shape index (κ2) is 9.00. The number of alkyl carbamates (subject to hydrolysis) is 1. The van der Waals surface area contributed by atoms with Crippen LogP contribution in [0.4, 0.5) is 15.0 Å². The Morgan fingerprint density at radius 2 is 2.03 bits per heavy atom. The Kier molecular flexibility index (Phi) is 6.00. The van der Waals surface area contributed by atoms with Gasteiger partial charge in [-0.3, -0.25) is 0 Å². The van der Waals surface area contributed by atoms with Crippen LogP contribution in [0.25, 0.3) is 11.1 Å². The quantitative estimate of drug-likeness (QED) is 0.660. The minimum Gasteiger partial charge on any atom is -0.442 e. The van der Waals surface area contributed by atoms with Crippen molar-refractivity contribution in [2.45, 2.75) is 13.0 Å². The zero-order valence-corrected chi connectivity index (χ0v) is 16.6. The summed E-state index contributed by atoms with van der Waals surface area (Å²) in [5, 5.41) is 5.46. The summed E-state index contributed by atoms with van der Waals surface area (Å²) in [7, 11) is 0. The highest BCUT2D eigenvalue weighted by atomic mass is 32.1. The van der Waals surface area contributed by atoms with Gasteiger partial charge in [-0.15, -0.1) is 11.3 Å². The predicted octanol–water partition coefficient (Wildman–Crippen LogP) is 4.10. The maximum atomic E-state index is 13.1. The van der Waals surface area contributed by atoms with Gasteiger partial charge in [-0.2, -0.15) is 0 Å². The van der Waals surface area contributed by atoms with Gasteiger partial charge in [0.25, 0.3) is 0 Å². The zero-order valence-electron chi connectivity index (χ0n) is 15.8. The van der Waals surface area contributed by atoms with Crippen molar-refractivity contribution in [1.29, 1.82) is 0 Å². The van der Waals surface area contributed by atoms with Crippen LogP contribution in [0.2, 0.25) is 0 Å². The van der Waals surface area contributed by atoms with Crippen molar-refractivity contribution in [3.63, 3.8) is 0 Å². The Morgan fingerprint density at radius 3 is 2.76 bits per heavy atom. The van der Waals surface area contributed by atoms with Crippen LogP contribution >= 0.6 is 11.3 Å². The Bertz CT molecular complexity index is 932. The Balaban J connectivity index is 1.25. The standard InChI is InChI=1S/C21H21FN4O2S/c22-18-4-1-16(2-5-18)17-3-6-19(24-12-17)26-9-7-15(13-26)11-25-21(27)28-14-20-23-8-10-29-20/h1-6,8,10,12,15H,7,9,11,13-14H2,(H,25,27). The van der Waals surface area contributed by atoms with Crippen molar-refractivity contribution in [3.05, 3.63) is 65.0 Å². The number of pyridine rings is 1. The number of carbonyl (C=O) groups is 1. The first-order valence-electron chi connectivity index (χ1n) is 9.43. The molecule has 1 aromatic carbocycles. The largest absolute Gasteiger partial charge is 0.442 e. The molecule has 1 unspecified atom stereocenters. The first kappa shape index (κ1) is 19.3. The highest BCUT2D eigenvalue weighted by Gasteiger charge is 2.24. The summed E-state index contributed by atoms with van der Waals surface area (Å²) in [5.41, 5.74) is 1.89. The summed E-state index contributed by atoms with van der Waals surface area (Å²) >= 11 is 1.46. The molecule has 3 heterocycles. The van der Waals surface area contributed by atoms with E-state index in [4.69, 9.17) is 4.74 Å². The maximum absolute atomic E-state index is 13.1. The molecule has 0 radical (unpaired) electrons. The molecule has 2 aromatic heterocycles. The van der Waals surface area contributed by atoms with Gasteiger partial charge in [-0.1, -0.05) is 12.1 Å². The Hall–Kier alpha value is -3.00. The molecule has 8 heteroatoms. The monoisotopic (exact) mass is 412 g/mol. The molecule has 1 aliphatic heterocycles. The number of aromatic nitrogens is 2. The number of nitrogens with zero attached hydrogens (tertiary/aromatic N) is 3. The molecule has 1 atom stereocenters. The molecule has 150 valence electrons. The zero-order chi connectivity index (χ0) is 20.1. The number of halogens is 1. The van der Waals surface area contributed by atoms with Crippen molar-refractivity contribution in [2.75, 3.05) is 24.5 Å². The average Bonchev–Trinajstić information content (AvgIpc) is 3.44. The maximum Gasteiger partial charge on any atom is 0.407 e. The van der Waals surface area contributed by atoms with Gasteiger partial charge in [0.2, 0.25) is 0 Å². The van der Waals surface area contributed by atoms with Crippen molar-refractivity contribution in [3.8, 4) is 11.1 Å². The topological polar surface area (TPSA) is 67.4 Å². The number of thiazole rings is 1. The predicted molar refractivity (Wildman–Crippen MR) is 110 cm³/mol. The second-order valence-electron chi connectivity index (χ2n) is 6.90. The molecule has 1 aliphatic rings. The summed E-state index contributed by atoms with van der Waals surface area (Å²) < 4.78 is 18.2. The van der Waals surface area contributed by atoms with Crippen LogP contribution in [0.1, 0.15) is 11.4 Å². The Morgan fingerprint density at radius 1 is 1.21 bits per heavy atom. The lowest BCUT2D eigenvalue weighted by molar-refractivity contribution is 0.138. The summed E-state index contributed by atoms with van der Waals surface area (Å²) in [6.07, 6.45) is 4.06.